The standard InChI is InChI=1S/C18H17BrN6OS/c1-26-15-8-6-14(7-9-15)25-18(27)16(10-20-25)17-21-22-23-24(17)11-12-2-4-13(19)5-3-12/h2-10,20,22-23H,11H2,1H3. The fraction of sp³-hybridized carbons (Fsp3) is 0.111. The summed E-state index contributed by atoms with van der Waals surface area (Å²) in [4.78, 5) is 0. The zero-order valence-electron chi connectivity index (χ0n) is 14.4. The highest BCUT2D eigenvalue weighted by Gasteiger charge is 2.22. The molecule has 0 aliphatic carbocycles. The molecule has 7 nitrogen and oxygen atoms in total. The monoisotopic (exact) mass is 444 g/mol. The number of rotatable bonds is 5. The van der Waals surface area contributed by atoms with Crippen molar-refractivity contribution in [3.05, 3.63) is 75.0 Å². The number of nitrogens with zero attached hydrogens (tertiary/aromatic N) is 3. The van der Waals surface area contributed by atoms with Gasteiger partial charge in [0.05, 0.1) is 24.9 Å². The van der Waals surface area contributed by atoms with Crippen LogP contribution in [0.25, 0.3) is 5.69 Å². The number of H-pyrrole nitrogens is 1. The average molecular weight is 445 g/mol. The lowest BCUT2D eigenvalue weighted by molar-refractivity contribution is 0.288. The number of methoxy groups -OCH3 is 1. The Balaban J connectivity index is 1.60. The predicted molar refractivity (Wildman–Crippen MR) is 110 cm³/mol. The molecule has 9 heteroatoms. The molecule has 4 rings (SSSR count). The van der Waals surface area contributed by atoms with Crippen molar-refractivity contribution in [2.45, 2.75) is 6.54 Å². The number of aromatic amines is 1. The molecule has 1 aliphatic rings. The number of hydrogen-bond donors (Lipinski definition) is 3. The first-order valence-corrected chi connectivity index (χ1v) is 9.41. The zero-order chi connectivity index (χ0) is 18.8. The van der Waals surface area contributed by atoms with Crippen LogP contribution in [0, 0.1) is 4.64 Å². The molecule has 138 valence electrons. The summed E-state index contributed by atoms with van der Waals surface area (Å²) >= 11 is 9.13. The highest BCUT2D eigenvalue weighted by atomic mass is 79.9. The third kappa shape index (κ3) is 3.61. The van der Waals surface area contributed by atoms with Crippen molar-refractivity contribution in [1.82, 2.24) is 25.9 Å². The molecular weight excluding hydrogens is 428 g/mol. The summed E-state index contributed by atoms with van der Waals surface area (Å²) in [6.45, 7) is 0.640. The van der Waals surface area contributed by atoms with Crippen molar-refractivity contribution < 1.29 is 4.74 Å². The van der Waals surface area contributed by atoms with Crippen LogP contribution in [0.2, 0.25) is 0 Å². The molecule has 0 unspecified atom stereocenters. The molecule has 2 heterocycles. The van der Waals surface area contributed by atoms with Crippen LogP contribution in [0.15, 0.2) is 64.3 Å². The molecule has 3 aromatic rings. The summed E-state index contributed by atoms with van der Waals surface area (Å²) in [5.74, 6) is 1.53. The third-order valence-electron chi connectivity index (χ3n) is 4.20. The van der Waals surface area contributed by atoms with E-state index in [1.807, 2.05) is 52.3 Å². The number of nitrogens with one attached hydrogen (secondary N) is 3. The highest BCUT2D eigenvalue weighted by Crippen LogP contribution is 2.19. The van der Waals surface area contributed by atoms with Gasteiger partial charge in [-0.2, -0.15) is 0 Å². The molecule has 0 atom stereocenters. The third-order valence-corrected chi connectivity index (χ3v) is 5.13. The van der Waals surface area contributed by atoms with Crippen LogP contribution in [0.5, 0.6) is 5.75 Å². The molecular formula is C18H17BrN6OS. The molecule has 0 saturated heterocycles. The van der Waals surface area contributed by atoms with Gasteiger partial charge in [-0.15, -0.1) is 10.6 Å². The number of hydrazone groups is 1. The van der Waals surface area contributed by atoms with Crippen LogP contribution in [0.4, 0.5) is 0 Å². The molecule has 0 amide bonds. The predicted octanol–water partition coefficient (Wildman–Crippen LogP) is 3.49. The molecule has 27 heavy (non-hydrogen) atoms. The van der Waals surface area contributed by atoms with Crippen LogP contribution in [0.3, 0.4) is 0 Å². The van der Waals surface area contributed by atoms with Gasteiger partial charge in [0.1, 0.15) is 10.4 Å². The van der Waals surface area contributed by atoms with E-state index in [9.17, 15) is 0 Å². The number of ether oxygens (including phenoxy) is 1. The van der Waals surface area contributed by atoms with E-state index in [0.29, 0.717) is 11.2 Å². The number of halogens is 1. The van der Waals surface area contributed by atoms with Gasteiger partial charge in [-0.25, -0.2) is 10.2 Å². The van der Waals surface area contributed by atoms with Crippen molar-refractivity contribution >= 4 is 34.0 Å². The minimum absolute atomic E-state index is 0.640. The van der Waals surface area contributed by atoms with Crippen molar-refractivity contribution in [2.24, 2.45) is 5.10 Å². The smallest absolute Gasteiger partial charge is 0.177 e. The molecule has 1 aromatic heterocycles. The Morgan fingerprint density at radius 2 is 1.85 bits per heavy atom. The number of benzene rings is 2. The molecule has 0 bridgehead atoms. The van der Waals surface area contributed by atoms with E-state index in [1.165, 1.54) is 0 Å². The van der Waals surface area contributed by atoms with Gasteiger partial charge in [0.15, 0.2) is 5.84 Å². The second kappa shape index (κ2) is 7.55. The Morgan fingerprint density at radius 3 is 2.56 bits per heavy atom. The quantitative estimate of drug-likeness (QED) is 0.525. The van der Waals surface area contributed by atoms with E-state index in [-0.39, 0.29) is 0 Å². The second-order valence-corrected chi connectivity index (χ2v) is 7.20. The lowest BCUT2D eigenvalue weighted by Gasteiger charge is -2.18. The normalized spacial score (nSPS) is 13.4. The van der Waals surface area contributed by atoms with E-state index in [4.69, 9.17) is 17.0 Å². The minimum atomic E-state index is 0.640. The van der Waals surface area contributed by atoms with Gasteiger partial charge < -0.3 is 4.74 Å². The van der Waals surface area contributed by atoms with E-state index in [2.05, 4.69) is 49.3 Å². The first kappa shape index (κ1) is 17.8. The first-order valence-electron chi connectivity index (χ1n) is 8.21. The van der Waals surface area contributed by atoms with Gasteiger partial charge in [0.25, 0.3) is 0 Å². The Kier molecular flexibility index (Phi) is 4.97. The summed E-state index contributed by atoms with van der Waals surface area (Å²) in [5, 5.41) is 9.46. The maximum Gasteiger partial charge on any atom is 0.177 e. The van der Waals surface area contributed by atoms with Crippen LogP contribution in [-0.2, 0) is 6.54 Å². The van der Waals surface area contributed by atoms with Crippen molar-refractivity contribution in [1.29, 1.82) is 0 Å². The molecule has 0 fully saturated rings. The summed E-state index contributed by atoms with van der Waals surface area (Å²) in [6, 6.07) is 15.8. The average Bonchev–Trinajstić information content (AvgIpc) is 3.30. The van der Waals surface area contributed by atoms with Gasteiger partial charge in [-0.3, -0.25) is 10.1 Å². The summed E-state index contributed by atoms with van der Waals surface area (Å²) in [7, 11) is 1.64. The molecule has 2 aromatic carbocycles. The first-order chi connectivity index (χ1) is 13.2. The fourth-order valence-electron chi connectivity index (χ4n) is 2.80. The van der Waals surface area contributed by atoms with Gasteiger partial charge in [0.2, 0.25) is 0 Å². The molecule has 1 aliphatic heterocycles. The molecule has 0 radical (unpaired) electrons. The van der Waals surface area contributed by atoms with Gasteiger partial charge in [-0.1, -0.05) is 40.3 Å². The van der Waals surface area contributed by atoms with Crippen LogP contribution < -0.4 is 15.8 Å². The van der Waals surface area contributed by atoms with E-state index >= 15 is 0 Å². The van der Waals surface area contributed by atoms with Crippen LogP contribution in [-0.4, -0.2) is 27.7 Å². The molecule has 0 spiro atoms. The summed E-state index contributed by atoms with van der Waals surface area (Å²) in [6.07, 6.45) is 1.86. The summed E-state index contributed by atoms with van der Waals surface area (Å²) < 4.78 is 8.74. The Bertz CT molecular complexity index is 1030. The fourth-order valence-corrected chi connectivity index (χ4v) is 3.37. The van der Waals surface area contributed by atoms with E-state index in [1.54, 1.807) is 7.11 Å². The Labute approximate surface area is 169 Å². The lowest BCUT2D eigenvalue weighted by atomic mass is 10.2. The van der Waals surface area contributed by atoms with Gasteiger partial charge in [0, 0.05) is 10.7 Å². The number of amidine groups is 1. The minimum Gasteiger partial charge on any atom is -0.497 e. The topological polar surface area (TPSA) is 69.6 Å². The Hall–Kier alpha value is -2.62. The summed E-state index contributed by atoms with van der Waals surface area (Å²) in [5.41, 5.74) is 8.75. The zero-order valence-corrected chi connectivity index (χ0v) is 16.8. The molecule has 3 N–H and O–H groups in total. The number of hydrazine groups is 2. The van der Waals surface area contributed by atoms with E-state index < -0.39 is 0 Å². The van der Waals surface area contributed by atoms with Crippen molar-refractivity contribution in [3.63, 3.8) is 0 Å². The lowest BCUT2D eigenvalue weighted by Crippen LogP contribution is -2.40. The molecule has 0 saturated carbocycles. The largest absolute Gasteiger partial charge is 0.497 e. The number of hydrogen-bond acceptors (Lipinski definition) is 6. The van der Waals surface area contributed by atoms with Crippen molar-refractivity contribution in [3.8, 4) is 11.4 Å². The maximum absolute atomic E-state index is 5.67. The SMILES string of the molecule is COc1ccc(-n2[nH]cc(C3=NNNN3Cc3ccc(Br)cc3)c2=S)cc1. The Morgan fingerprint density at radius 1 is 1.11 bits per heavy atom. The second-order valence-electron chi connectivity index (χ2n) is 5.90. The van der Waals surface area contributed by atoms with Crippen LogP contribution in [0.1, 0.15) is 11.1 Å². The van der Waals surface area contributed by atoms with Crippen LogP contribution >= 0.6 is 28.1 Å². The number of aromatic nitrogens is 2. The maximum atomic E-state index is 5.67. The van der Waals surface area contributed by atoms with Gasteiger partial charge in [-0.05, 0) is 42.0 Å². The van der Waals surface area contributed by atoms with Gasteiger partial charge >= 0.3 is 0 Å². The van der Waals surface area contributed by atoms with E-state index in [0.717, 1.165) is 32.9 Å². The highest BCUT2D eigenvalue weighted by molar-refractivity contribution is 9.10. The van der Waals surface area contributed by atoms with Crippen molar-refractivity contribution in [2.75, 3.05) is 7.11 Å².